The number of carbonyl (C=O) groups is 1. The third kappa shape index (κ3) is 4.34. The molecule has 2 aromatic rings. The maximum Gasteiger partial charge on any atom is 0.255 e. The fourth-order valence-corrected chi connectivity index (χ4v) is 2.89. The van der Waals surface area contributed by atoms with Crippen molar-refractivity contribution < 1.29 is 4.79 Å². The van der Waals surface area contributed by atoms with E-state index in [-0.39, 0.29) is 5.91 Å². The van der Waals surface area contributed by atoms with Gasteiger partial charge in [0, 0.05) is 49.7 Å². The molecule has 1 fully saturated rings. The lowest BCUT2D eigenvalue weighted by atomic mass is 10.1. The van der Waals surface area contributed by atoms with Gasteiger partial charge in [0.1, 0.15) is 0 Å². The molecule has 5 nitrogen and oxygen atoms in total. The average molecular weight is 324 g/mol. The third-order valence-corrected chi connectivity index (χ3v) is 4.34. The molecule has 0 atom stereocenters. The lowest BCUT2D eigenvalue weighted by Crippen LogP contribution is -2.43. The molecule has 0 aromatic heterocycles. The highest BCUT2D eigenvalue weighted by molar-refractivity contribution is 6.04. The predicted octanol–water partition coefficient (Wildman–Crippen LogP) is 2.27. The van der Waals surface area contributed by atoms with Crippen LogP contribution in [-0.4, -0.2) is 48.9 Å². The molecule has 3 rings (SSSR count). The Morgan fingerprint density at radius 3 is 2.58 bits per heavy atom. The van der Waals surface area contributed by atoms with Crippen LogP contribution in [0, 0.1) is 0 Å². The van der Waals surface area contributed by atoms with Gasteiger partial charge in [-0.05, 0) is 42.9 Å². The predicted molar refractivity (Wildman–Crippen MR) is 98.0 cm³/mol. The van der Waals surface area contributed by atoms with Crippen LogP contribution in [-0.2, 0) is 6.54 Å². The van der Waals surface area contributed by atoms with Gasteiger partial charge < -0.3 is 16.0 Å². The molecule has 1 aliphatic heterocycles. The summed E-state index contributed by atoms with van der Waals surface area (Å²) in [4.78, 5) is 17.1. The van der Waals surface area contributed by atoms with E-state index in [1.165, 1.54) is 5.56 Å². The molecule has 0 aliphatic carbocycles. The zero-order valence-electron chi connectivity index (χ0n) is 14.0. The molecule has 1 saturated heterocycles. The van der Waals surface area contributed by atoms with E-state index in [0.29, 0.717) is 11.3 Å². The monoisotopic (exact) mass is 324 g/mol. The second kappa shape index (κ2) is 7.47. The largest absolute Gasteiger partial charge is 0.399 e. The Balaban J connectivity index is 1.63. The molecular formula is C19H24N4O. The van der Waals surface area contributed by atoms with Crippen LogP contribution in [0.15, 0.2) is 48.5 Å². The van der Waals surface area contributed by atoms with Crippen molar-refractivity contribution in [2.75, 3.05) is 44.3 Å². The highest BCUT2D eigenvalue weighted by Gasteiger charge is 2.14. The SMILES string of the molecule is CN1CCN(Cc2cccc(NC(=O)c3cccc(N)c3)c2)CC1. The van der Waals surface area contributed by atoms with E-state index in [4.69, 9.17) is 5.73 Å². The summed E-state index contributed by atoms with van der Waals surface area (Å²) in [6.45, 7) is 5.28. The Kier molecular flexibility index (Phi) is 5.13. The van der Waals surface area contributed by atoms with E-state index >= 15 is 0 Å². The summed E-state index contributed by atoms with van der Waals surface area (Å²) in [5.74, 6) is -0.140. The number of nitrogens with one attached hydrogen (secondary N) is 1. The second-order valence-electron chi connectivity index (χ2n) is 6.36. The number of carbonyl (C=O) groups excluding carboxylic acids is 1. The molecule has 0 unspecified atom stereocenters. The van der Waals surface area contributed by atoms with Crippen molar-refractivity contribution in [1.82, 2.24) is 9.80 Å². The molecule has 5 heteroatoms. The van der Waals surface area contributed by atoms with Gasteiger partial charge in [-0.25, -0.2) is 0 Å². The van der Waals surface area contributed by atoms with Gasteiger partial charge in [-0.3, -0.25) is 9.69 Å². The maximum absolute atomic E-state index is 12.3. The van der Waals surface area contributed by atoms with Crippen LogP contribution < -0.4 is 11.1 Å². The first kappa shape index (κ1) is 16.5. The summed E-state index contributed by atoms with van der Waals surface area (Å²) < 4.78 is 0. The Labute approximate surface area is 143 Å². The standard InChI is InChI=1S/C19H24N4O/c1-22-8-10-23(11-9-22)14-15-4-2-7-18(12-15)21-19(24)16-5-3-6-17(20)13-16/h2-7,12-13H,8-11,14,20H2,1H3,(H,21,24). The van der Waals surface area contributed by atoms with Crippen LogP contribution in [0.5, 0.6) is 0 Å². The van der Waals surface area contributed by atoms with Crippen molar-refractivity contribution >= 4 is 17.3 Å². The average Bonchev–Trinajstić information content (AvgIpc) is 2.57. The minimum atomic E-state index is -0.140. The zero-order valence-corrected chi connectivity index (χ0v) is 14.0. The normalized spacial score (nSPS) is 16.0. The van der Waals surface area contributed by atoms with Crippen LogP contribution in [0.4, 0.5) is 11.4 Å². The summed E-state index contributed by atoms with van der Waals surface area (Å²) >= 11 is 0. The minimum absolute atomic E-state index is 0.140. The zero-order chi connectivity index (χ0) is 16.9. The number of rotatable bonds is 4. The van der Waals surface area contributed by atoms with Gasteiger partial charge >= 0.3 is 0 Å². The van der Waals surface area contributed by atoms with Gasteiger partial charge in [0.05, 0.1) is 0 Å². The maximum atomic E-state index is 12.3. The molecule has 3 N–H and O–H groups in total. The number of benzene rings is 2. The van der Waals surface area contributed by atoms with Gasteiger partial charge in [0.25, 0.3) is 5.91 Å². The number of anilines is 2. The lowest BCUT2D eigenvalue weighted by molar-refractivity contribution is 0.102. The molecule has 0 spiro atoms. The van der Waals surface area contributed by atoms with E-state index in [9.17, 15) is 4.79 Å². The first-order chi connectivity index (χ1) is 11.6. The van der Waals surface area contributed by atoms with Crippen molar-refractivity contribution in [3.05, 3.63) is 59.7 Å². The smallest absolute Gasteiger partial charge is 0.255 e. The summed E-state index contributed by atoms with van der Waals surface area (Å²) in [5.41, 5.74) is 8.92. The van der Waals surface area contributed by atoms with Crippen molar-refractivity contribution in [3.63, 3.8) is 0 Å². The fraction of sp³-hybridized carbons (Fsp3) is 0.316. The van der Waals surface area contributed by atoms with E-state index in [0.717, 1.165) is 38.4 Å². The Morgan fingerprint density at radius 2 is 1.83 bits per heavy atom. The van der Waals surface area contributed by atoms with Crippen molar-refractivity contribution in [2.24, 2.45) is 0 Å². The van der Waals surface area contributed by atoms with Crippen molar-refractivity contribution in [2.45, 2.75) is 6.54 Å². The number of amides is 1. The van der Waals surface area contributed by atoms with Crippen LogP contribution in [0.25, 0.3) is 0 Å². The van der Waals surface area contributed by atoms with Crippen LogP contribution in [0.3, 0.4) is 0 Å². The van der Waals surface area contributed by atoms with Gasteiger partial charge in [-0.15, -0.1) is 0 Å². The van der Waals surface area contributed by atoms with E-state index in [1.54, 1.807) is 24.3 Å². The Bertz CT molecular complexity index is 708. The highest BCUT2D eigenvalue weighted by atomic mass is 16.1. The topological polar surface area (TPSA) is 61.6 Å². The Morgan fingerprint density at radius 1 is 1.08 bits per heavy atom. The number of likely N-dealkylation sites (N-methyl/N-ethyl adjacent to an activating group) is 1. The summed E-state index contributed by atoms with van der Waals surface area (Å²) in [7, 11) is 2.16. The molecule has 1 aliphatic rings. The van der Waals surface area contributed by atoms with Gasteiger partial charge in [0.15, 0.2) is 0 Å². The number of hydrogen-bond donors (Lipinski definition) is 2. The first-order valence-electron chi connectivity index (χ1n) is 8.27. The molecule has 1 heterocycles. The van der Waals surface area contributed by atoms with Crippen molar-refractivity contribution in [3.8, 4) is 0 Å². The van der Waals surface area contributed by atoms with E-state index in [2.05, 4.69) is 28.2 Å². The third-order valence-electron chi connectivity index (χ3n) is 4.34. The van der Waals surface area contributed by atoms with Crippen LogP contribution in [0.2, 0.25) is 0 Å². The minimum Gasteiger partial charge on any atom is -0.399 e. The fourth-order valence-electron chi connectivity index (χ4n) is 2.89. The van der Waals surface area contributed by atoms with Gasteiger partial charge in [-0.1, -0.05) is 18.2 Å². The quantitative estimate of drug-likeness (QED) is 0.847. The number of nitrogens with two attached hydrogens (primary N) is 1. The van der Waals surface area contributed by atoms with Crippen LogP contribution >= 0.6 is 0 Å². The van der Waals surface area contributed by atoms with Crippen LogP contribution in [0.1, 0.15) is 15.9 Å². The van der Waals surface area contributed by atoms with Gasteiger partial charge in [-0.2, -0.15) is 0 Å². The number of piperazine rings is 1. The molecule has 2 aromatic carbocycles. The molecule has 24 heavy (non-hydrogen) atoms. The molecule has 0 radical (unpaired) electrons. The highest BCUT2D eigenvalue weighted by Crippen LogP contribution is 2.15. The molecule has 0 saturated carbocycles. The summed E-state index contributed by atoms with van der Waals surface area (Å²) in [5, 5.41) is 2.95. The second-order valence-corrected chi connectivity index (χ2v) is 6.36. The lowest BCUT2D eigenvalue weighted by Gasteiger charge is -2.32. The van der Waals surface area contributed by atoms with Gasteiger partial charge in [0.2, 0.25) is 0 Å². The van der Waals surface area contributed by atoms with E-state index < -0.39 is 0 Å². The number of nitrogen functional groups attached to an aromatic ring is 1. The number of hydrogen-bond acceptors (Lipinski definition) is 4. The summed E-state index contributed by atoms with van der Waals surface area (Å²) in [6.07, 6.45) is 0. The molecule has 1 amide bonds. The number of nitrogens with zero attached hydrogens (tertiary/aromatic N) is 2. The molecular weight excluding hydrogens is 300 g/mol. The summed E-state index contributed by atoms with van der Waals surface area (Å²) in [6, 6.07) is 15.1. The molecule has 0 bridgehead atoms. The first-order valence-corrected chi connectivity index (χ1v) is 8.27. The Hall–Kier alpha value is -2.37. The van der Waals surface area contributed by atoms with Crippen molar-refractivity contribution in [1.29, 1.82) is 0 Å². The molecule has 126 valence electrons. The van der Waals surface area contributed by atoms with E-state index in [1.807, 2.05) is 18.2 Å².